The lowest BCUT2D eigenvalue weighted by molar-refractivity contribution is -0.124. The maximum atomic E-state index is 12.6. The van der Waals surface area contributed by atoms with Crippen LogP contribution in [0.4, 0.5) is 5.69 Å². The lowest BCUT2D eigenvalue weighted by Crippen LogP contribution is -2.27. The van der Waals surface area contributed by atoms with Crippen molar-refractivity contribution < 1.29 is 14.3 Å². The Morgan fingerprint density at radius 2 is 2.00 bits per heavy atom. The quantitative estimate of drug-likeness (QED) is 0.717. The average Bonchev–Trinajstić information content (AvgIpc) is 3.35. The summed E-state index contributed by atoms with van der Waals surface area (Å²) >= 11 is 0. The summed E-state index contributed by atoms with van der Waals surface area (Å²) in [5, 5.41) is 6.88. The Kier molecular flexibility index (Phi) is 5.12. The van der Waals surface area contributed by atoms with E-state index in [0.717, 1.165) is 29.3 Å². The van der Waals surface area contributed by atoms with Gasteiger partial charge >= 0.3 is 0 Å². The minimum atomic E-state index is -0.366. The number of nitrogens with one attached hydrogen (secondary N) is 2. The van der Waals surface area contributed by atoms with E-state index in [1.165, 1.54) is 0 Å². The molecule has 0 aliphatic carbocycles. The molecule has 0 bridgehead atoms. The highest BCUT2D eigenvalue weighted by molar-refractivity contribution is 5.98. The van der Waals surface area contributed by atoms with E-state index in [1.807, 2.05) is 66.2 Å². The number of ether oxygens (including phenoxy) is 1. The van der Waals surface area contributed by atoms with Crippen LogP contribution in [-0.2, 0) is 23.1 Å². The van der Waals surface area contributed by atoms with E-state index in [-0.39, 0.29) is 17.9 Å². The molecule has 2 heterocycles. The fourth-order valence-corrected chi connectivity index (χ4v) is 3.55. The van der Waals surface area contributed by atoms with Crippen LogP contribution in [0.15, 0.2) is 54.6 Å². The molecule has 0 radical (unpaired) electrons. The third-order valence-corrected chi connectivity index (χ3v) is 5.05. The molecule has 1 atom stereocenters. The fourth-order valence-electron chi connectivity index (χ4n) is 3.55. The summed E-state index contributed by atoms with van der Waals surface area (Å²) < 4.78 is 7.30. The third kappa shape index (κ3) is 3.77. The highest BCUT2D eigenvalue weighted by Crippen LogP contribution is 2.19. The second-order valence-electron chi connectivity index (χ2n) is 7.02. The standard InChI is InChI=1S/C22H23N3O3/c1-25-18-9-3-2-7-16(18)13-19(25)21(26)23-14-15-6-4-8-17(12-15)24-22(27)20-10-5-11-28-20/h2-4,6-9,12-13,20H,5,10-11,14H2,1H3,(H,23,26)(H,24,27). The Morgan fingerprint density at radius 1 is 1.14 bits per heavy atom. The Bertz CT molecular complexity index is 1020. The zero-order valence-electron chi connectivity index (χ0n) is 15.8. The summed E-state index contributed by atoms with van der Waals surface area (Å²) in [4.78, 5) is 24.8. The van der Waals surface area contributed by atoms with Crippen molar-refractivity contribution in [2.75, 3.05) is 11.9 Å². The van der Waals surface area contributed by atoms with Gasteiger partial charge in [-0.2, -0.15) is 0 Å². The Labute approximate surface area is 163 Å². The van der Waals surface area contributed by atoms with E-state index < -0.39 is 0 Å². The molecule has 3 aromatic rings. The van der Waals surface area contributed by atoms with Gasteiger partial charge in [-0.25, -0.2) is 0 Å². The van der Waals surface area contributed by atoms with Crippen LogP contribution in [0.2, 0.25) is 0 Å². The molecule has 0 saturated carbocycles. The van der Waals surface area contributed by atoms with Crippen LogP contribution in [0, 0.1) is 0 Å². The summed E-state index contributed by atoms with van der Waals surface area (Å²) in [6.07, 6.45) is 1.31. The van der Waals surface area contributed by atoms with Crippen molar-refractivity contribution >= 4 is 28.4 Å². The molecule has 1 fully saturated rings. The van der Waals surface area contributed by atoms with Gasteiger partial charge in [0.05, 0.1) is 0 Å². The van der Waals surface area contributed by atoms with E-state index in [1.54, 1.807) is 0 Å². The minimum absolute atomic E-state index is 0.116. The van der Waals surface area contributed by atoms with Crippen LogP contribution >= 0.6 is 0 Å². The predicted molar refractivity (Wildman–Crippen MR) is 108 cm³/mol. The first kappa shape index (κ1) is 18.3. The summed E-state index contributed by atoms with van der Waals surface area (Å²) in [6.45, 7) is 1.02. The number of aryl methyl sites for hydroxylation is 1. The van der Waals surface area contributed by atoms with Gasteiger partial charge in [0.1, 0.15) is 11.8 Å². The molecule has 2 aromatic carbocycles. The van der Waals surface area contributed by atoms with Crippen molar-refractivity contribution in [3.05, 3.63) is 65.9 Å². The lowest BCUT2D eigenvalue weighted by Gasteiger charge is -2.12. The third-order valence-electron chi connectivity index (χ3n) is 5.05. The molecule has 1 aliphatic rings. The smallest absolute Gasteiger partial charge is 0.268 e. The van der Waals surface area contributed by atoms with Crippen molar-refractivity contribution in [1.82, 2.24) is 9.88 Å². The predicted octanol–water partition coefficient (Wildman–Crippen LogP) is 3.23. The SMILES string of the molecule is Cn1c(C(=O)NCc2cccc(NC(=O)C3CCCO3)c2)cc2ccccc21. The number of benzene rings is 2. The van der Waals surface area contributed by atoms with Gasteiger partial charge < -0.3 is 19.9 Å². The molecule has 4 rings (SSSR count). The number of hydrogen-bond acceptors (Lipinski definition) is 3. The van der Waals surface area contributed by atoms with E-state index in [4.69, 9.17) is 4.74 Å². The second kappa shape index (κ2) is 7.86. The number of para-hydroxylation sites is 1. The number of amides is 2. The summed E-state index contributed by atoms with van der Waals surface area (Å²) in [7, 11) is 1.89. The van der Waals surface area contributed by atoms with Crippen LogP contribution in [0.3, 0.4) is 0 Å². The van der Waals surface area contributed by atoms with Crippen LogP contribution < -0.4 is 10.6 Å². The molecule has 2 amide bonds. The summed E-state index contributed by atoms with van der Waals surface area (Å²) in [5.41, 5.74) is 3.25. The van der Waals surface area contributed by atoms with E-state index in [0.29, 0.717) is 24.5 Å². The zero-order valence-corrected chi connectivity index (χ0v) is 15.8. The maximum absolute atomic E-state index is 12.6. The molecule has 28 heavy (non-hydrogen) atoms. The highest BCUT2D eigenvalue weighted by Gasteiger charge is 2.23. The molecule has 1 saturated heterocycles. The molecule has 6 heteroatoms. The Balaban J connectivity index is 1.41. The maximum Gasteiger partial charge on any atom is 0.268 e. The van der Waals surface area contributed by atoms with Crippen molar-refractivity contribution in [3.8, 4) is 0 Å². The number of anilines is 1. The van der Waals surface area contributed by atoms with Crippen LogP contribution in [-0.4, -0.2) is 29.1 Å². The first-order valence-electron chi connectivity index (χ1n) is 9.46. The number of hydrogen-bond donors (Lipinski definition) is 2. The molecule has 2 N–H and O–H groups in total. The monoisotopic (exact) mass is 377 g/mol. The first-order chi connectivity index (χ1) is 13.6. The van der Waals surface area contributed by atoms with Gasteiger partial charge in [-0.15, -0.1) is 0 Å². The Morgan fingerprint density at radius 3 is 2.79 bits per heavy atom. The minimum Gasteiger partial charge on any atom is -0.368 e. The van der Waals surface area contributed by atoms with Crippen molar-refractivity contribution in [3.63, 3.8) is 0 Å². The van der Waals surface area contributed by atoms with Crippen LogP contribution in [0.1, 0.15) is 28.9 Å². The molecule has 6 nitrogen and oxygen atoms in total. The molecular weight excluding hydrogens is 354 g/mol. The molecule has 1 unspecified atom stereocenters. The normalized spacial score (nSPS) is 16.2. The number of carbonyl (C=O) groups excluding carboxylic acids is 2. The second-order valence-corrected chi connectivity index (χ2v) is 7.02. The molecular formula is C22H23N3O3. The largest absolute Gasteiger partial charge is 0.368 e. The Hall–Kier alpha value is -3.12. The molecule has 0 spiro atoms. The number of nitrogens with zero attached hydrogens (tertiary/aromatic N) is 1. The van der Waals surface area contributed by atoms with Crippen molar-refractivity contribution in [2.45, 2.75) is 25.5 Å². The van der Waals surface area contributed by atoms with Gasteiger partial charge in [0.2, 0.25) is 0 Å². The average molecular weight is 377 g/mol. The molecule has 1 aromatic heterocycles. The van der Waals surface area contributed by atoms with Gasteiger partial charge in [0.15, 0.2) is 0 Å². The zero-order chi connectivity index (χ0) is 19.5. The number of aromatic nitrogens is 1. The van der Waals surface area contributed by atoms with Crippen molar-refractivity contribution in [1.29, 1.82) is 0 Å². The van der Waals surface area contributed by atoms with Gasteiger partial charge in [-0.1, -0.05) is 30.3 Å². The van der Waals surface area contributed by atoms with Gasteiger partial charge in [0.25, 0.3) is 11.8 Å². The highest BCUT2D eigenvalue weighted by atomic mass is 16.5. The summed E-state index contributed by atoms with van der Waals surface area (Å²) in [5.74, 6) is -0.248. The molecule has 1 aliphatic heterocycles. The van der Waals surface area contributed by atoms with E-state index in [2.05, 4.69) is 10.6 Å². The number of rotatable bonds is 5. The van der Waals surface area contributed by atoms with Gasteiger partial charge in [0, 0.05) is 36.8 Å². The first-order valence-corrected chi connectivity index (χ1v) is 9.46. The van der Waals surface area contributed by atoms with Crippen LogP contribution in [0.5, 0.6) is 0 Å². The number of carbonyl (C=O) groups is 2. The summed E-state index contributed by atoms with van der Waals surface area (Å²) in [6, 6.07) is 17.3. The molecule has 144 valence electrons. The topological polar surface area (TPSA) is 72.4 Å². The van der Waals surface area contributed by atoms with E-state index >= 15 is 0 Å². The van der Waals surface area contributed by atoms with Gasteiger partial charge in [-0.3, -0.25) is 9.59 Å². The lowest BCUT2D eigenvalue weighted by atomic mass is 10.1. The van der Waals surface area contributed by atoms with Crippen LogP contribution in [0.25, 0.3) is 10.9 Å². The number of fused-ring (bicyclic) bond motifs is 1. The fraction of sp³-hybridized carbons (Fsp3) is 0.273. The van der Waals surface area contributed by atoms with E-state index in [9.17, 15) is 9.59 Å². The van der Waals surface area contributed by atoms with Crippen molar-refractivity contribution in [2.24, 2.45) is 7.05 Å². The van der Waals surface area contributed by atoms with Gasteiger partial charge in [-0.05, 0) is 42.7 Å².